The van der Waals surface area contributed by atoms with Gasteiger partial charge in [0.1, 0.15) is 17.2 Å². The van der Waals surface area contributed by atoms with Gasteiger partial charge < -0.3 is 24.3 Å². The molecule has 11 nitrogen and oxygen atoms in total. The van der Waals surface area contributed by atoms with E-state index in [1.165, 1.54) is 39.5 Å². The summed E-state index contributed by atoms with van der Waals surface area (Å²) < 4.78 is 20.5. The van der Waals surface area contributed by atoms with E-state index in [9.17, 15) is 19.2 Å². The lowest BCUT2D eigenvalue weighted by atomic mass is 10.1. The van der Waals surface area contributed by atoms with Gasteiger partial charge in [0.25, 0.3) is 11.8 Å². The van der Waals surface area contributed by atoms with Gasteiger partial charge in [-0.3, -0.25) is 29.6 Å². The molecule has 1 fully saturated rings. The number of halogens is 1. The fourth-order valence-corrected chi connectivity index (χ4v) is 3.49. The molecule has 1 atom stereocenters. The monoisotopic (exact) mass is 505 g/mol. The molecule has 2 N–H and O–H groups in total. The predicted molar refractivity (Wildman–Crippen MR) is 124 cm³/mol. The molecule has 2 aromatic carbocycles. The first-order valence-electron chi connectivity index (χ1n) is 10.4. The summed E-state index contributed by atoms with van der Waals surface area (Å²) in [7, 11) is 4.33. The van der Waals surface area contributed by atoms with Crippen LogP contribution in [0.2, 0.25) is 5.02 Å². The molecule has 0 radical (unpaired) electrons. The Hall–Kier alpha value is -3.99. The second-order valence-electron chi connectivity index (χ2n) is 7.45. The molecule has 1 saturated heterocycles. The van der Waals surface area contributed by atoms with Gasteiger partial charge in [-0.15, -0.1) is 0 Å². The number of rotatable bonds is 9. The molecule has 1 aliphatic heterocycles. The predicted octanol–water partition coefficient (Wildman–Crippen LogP) is 2.04. The van der Waals surface area contributed by atoms with Crippen molar-refractivity contribution in [3.63, 3.8) is 0 Å². The molecule has 1 aliphatic rings. The van der Waals surface area contributed by atoms with Gasteiger partial charge in [0.15, 0.2) is 6.61 Å². The molecule has 0 aliphatic carbocycles. The molecule has 0 aromatic heterocycles. The Balaban J connectivity index is 1.54. The van der Waals surface area contributed by atoms with Crippen LogP contribution in [0.5, 0.6) is 17.2 Å². The lowest BCUT2D eigenvalue weighted by Crippen LogP contribution is -2.43. The number of anilines is 1. The smallest absolute Gasteiger partial charge is 0.311 e. The van der Waals surface area contributed by atoms with E-state index in [2.05, 4.69) is 10.7 Å². The fraction of sp³-hybridized carbons (Fsp3) is 0.304. The molecule has 35 heavy (non-hydrogen) atoms. The lowest BCUT2D eigenvalue weighted by Gasteiger charge is -2.18. The van der Waals surface area contributed by atoms with Crippen LogP contribution in [-0.2, 0) is 19.1 Å². The molecule has 186 valence electrons. The highest BCUT2D eigenvalue weighted by Gasteiger charge is 2.37. The van der Waals surface area contributed by atoms with Crippen molar-refractivity contribution in [2.75, 3.05) is 39.8 Å². The second kappa shape index (κ2) is 11.4. The quantitative estimate of drug-likeness (QED) is 0.495. The van der Waals surface area contributed by atoms with Gasteiger partial charge in [-0.25, -0.2) is 0 Å². The van der Waals surface area contributed by atoms with Gasteiger partial charge >= 0.3 is 5.97 Å². The first-order valence-corrected chi connectivity index (χ1v) is 10.8. The van der Waals surface area contributed by atoms with E-state index in [0.717, 1.165) is 5.01 Å². The van der Waals surface area contributed by atoms with Crippen molar-refractivity contribution in [3.05, 3.63) is 47.0 Å². The third-order valence-corrected chi connectivity index (χ3v) is 5.32. The van der Waals surface area contributed by atoms with Crippen molar-refractivity contribution < 1.29 is 38.1 Å². The number of hydrazine groups is 1. The van der Waals surface area contributed by atoms with E-state index in [0.29, 0.717) is 28.0 Å². The van der Waals surface area contributed by atoms with Gasteiger partial charge in [-0.2, -0.15) is 0 Å². The number of benzene rings is 2. The van der Waals surface area contributed by atoms with Crippen molar-refractivity contribution in [2.45, 2.75) is 6.42 Å². The molecule has 3 rings (SSSR count). The summed E-state index contributed by atoms with van der Waals surface area (Å²) in [6.07, 6.45) is -0.176. The number of hydrogen-bond donors (Lipinski definition) is 2. The van der Waals surface area contributed by atoms with Crippen molar-refractivity contribution in [1.82, 2.24) is 10.4 Å². The van der Waals surface area contributed by atoms with Crippen LogP contribution < -0.4 is 25.0 Å². The zero-order valence-electron chi connectivity index (χ0n) is 19.3. The third kappa shape index (κ3) is 6.54. The second-order valence-corrected chi connectivity index (χ2v) is 7.88. The average molecular weight is 506 g/mol. The zero-order chi connectivity index (χ0) is 25.5. The summed E-state index contributed by atoms with van der Waals surface area (Å²) in [5.41, 5.74) is 2.99. The van der Waals surface area contributed by atoms with E-state index in [4.69, 9.17) is 30.5 Å². The van der Waals surface area contributed by atoms with Crippen LogP contribution in [-0.4, -0.2) is 63.2 Å². The zero-order valence-corrected chi connectivity index (χ0v) is 20.0. The number of carbonyl (C=O) groups is 4. The highest BCUT2D eigenvalue weighted by atomic mass is 35.5. The maximum atomic E-state index is 12.6. The summed E-state index contributed by atoms with van der Waals surface area (Å²) in [5.74, 6) is -2.07. The SMILES string of the molecule is COc1cc(OC)cc(C(=O)NN2CC(C(=O)OCC(=O)Nc3cc(Cl)ccc3OC)CC2=O)c1. The van der Waals surface area contributed by atoms with Crippen LogP contribution in [0.3, 0.4) is 0 Å². The highest BCUT2D eigenvalue weighted by molar-refractivity contribution is 6.31. The van der Waals surface area contributed by atoms with E-state index >= 15 is 0 Å². The van der Waals surface area contributed by atoms with Gasteiger partial charge in [0.2, 0.25) is 5.91 Å². The van der Waals surface area contributed by atoms with Crippen LogP contribution >= 0.6 is 11.6 Å². The number of esters is 1. The van der Waals surface area contributed by atoms with E-state index in [1.54, 1.807) is 18.2 Å². The van der Waals surface area contributed by atoms with Crippen molar-refractivity contribution in [3.8, 4) is 17.2 Å². The Morgan fingerprint density at radius 2 is 1.71 bits per heavy atom. The van der Waals surface area contributed by atoms with E-state index < -0.39 is 36.2 Å². The number of carbonyl (C=O) groups excluding carboxylic acids is 4. The number of hydrogen-bond acceptors (Lipinski definition) is 8. The first kappa shape index (κ1) is 25.6. The lowest BCUT2D eigenvalue weighted by molar-refractivity contribution is -0.151. The normalized spacial score (nSPS) is 14.8. The number of methoxy groups -OCH3 is 3. The molecule has 1 heterocycles. The average Bonchev–Trinajstić information content (AvgIpc) is 3.22. The van der Waals surface area contributed by atoms with E-state index in [-0.39, 0.29) is 18.5 Å². The minimum absolute atomic E-state index is 0.103. The van der Waals surface area contributed by atoms with Crippen LogP contribution in [0.25, 0.3) is 0 Å². The van der Waals surface area contributed by atoms with Gasteiger partial charge in [-0.1, -0.05) is 11.6 Å². The van der Waals surface area contributed by atoms with Crippen molar-refractivity contribution in [2.24, 2.45) is 5.92 Å². The number of ether oxygens (including phenoxy) is 4. The molecule has 0 saturated carbocycles. The summed E-state index contributed by atoms with van der Waals surface area (Å²) in [4.78, 5) is 49.6. The van der Waals surface area contributed by atoms with Crippen LogP contribution in [0, 0.1) is 5.92 Å². The summed E-state index contributed by atoms with van der Waals surface area (Å²) in [6, 6.07) is 9.24. The van der Waals surface area contributed by atoms with Crippen LogP contribution in [0.15, 0.2) is 36.4 Å². The molecule has 2 aromatic rings. The molecule has 3 amide bonds. The summed E-state index contributed by atoms with van der Waals surface area (Å²) in [6.45, 7) is -0.677. The molecular weight excluding hydrogens is 482 g/mol. The minimum atomic E-state index is -0.851. The molecule has 12 heteroatoms. The fourth-order valence-electron chi connectivity index (χ4n) is 3.32. The topological polar surface area (TPSA) is 133 Å². The molecule has 0 bridgehead atoms. The number of amides is 3. The van der Waals surface area contributed by atoms with Crippen LogP contribution in [0.4, 0.5) is 5.69 Å². The van der Waals surface area contributed by atoms with Gasteiger partial charge in [0.05, 0.1) is 39.5 Å². The Morgan fingerprint density at radius 3 is 2.34 bits per heavy atom. The Labute approximate surface area is 206 Å². The Bertz CT molecular complexity index is 1120. The standard InChI is InChI=1S/C23H24ClN3O8/c1-32-16-6-13(7-17(10-16)33-2)22(30)26-27-11-14(8-21(27)29)23(31)35-12-20(28)25-18-9-15(24)4-5-19(18)34-3/h4-7,9-10,14H,8,11-12H2,1-3H3,(H,25,28)(H,26,30). The molecule has 0 spiro atoms. The third-order valence-electron chi connectivity index (χ3n) is 5.09. The largest absolute Gasteiger partial charge is 0.497 e. The van der Waals surface area contributed by atoms with E-state index in [1.807, 2.05) is 0 Å². The first-order chi connectivity index (χ1) is 16.7. The minimum Gasteiger partial charge on any atom is -0.497 e. The Kier molecular flexibility index (Phi) is 8.37. The molecule has 1 unspecified atom stereocenters. The number of nitrogens with zero attached hydrogens (tertiary/aromatic N) is 1. The van der Waals surface area contributed by atoms with Crippen molar-refractivity contribution in [1.29, 1.82) is 0 Å². The number of nitrogens with one attached hydrogen (secondary N) is 2. The van der Waals surface area contributed by atoms with Crippen LogP contribution in [0.1, 0.15) is 16.8 Å². The Morgan fingerprint density at radius 1 is 1.03 bits per heavy atom. The summed E-state index contributed by atoms with van der Waals surface area (Å²) >= 11 is 5.93. The highest BCUT2D eigenvalue weighted by Crippen LogP contribution is 2.28. The maximum Gasteiger partial charge on any atom is 0.311 e. The summed E-state index contributed by atoms with van der Waals surface area (Å²) in [5, 5.41) is 3.97. The molecular formula is C23H24ClN3O8. The van der Waals surface area contributed by atoms with Gasteiger partial charge in [-0.05, 0) is 30.3 Å². The van der Waals surface area contributed by atoms with Crippen molar-refractivity contribution >= 4 is 41.0 Å². The van der Waals surface area contributed by atoms with Gasteiger partial charge in [0, 0.05) is 23.1 Å². The maximum absolute atomic E-state index is 12.6.